The van der Waals surface area contributed by atoms with Crippen LogP contribution in [0.3, 0.4) is 0 Å². The summed E-state index contributed by atoms with van der Waals surface area (Å²) < 4.78 is 2.76. The number of hydrogen-bond acceptors (Lipinski definition) is 3. The molecular formula is C13H17Cl2N3S. The molecule has 2 heterocycles. The Labute approximate surface area is 127 Å². The zero-order valence-corrected chi connectivity index (χ0v) is 13.5. The molecule has 2 aromatic heterocycles. The van der Waals surface area contributed by atoms with Crippen molar-refractivity contribution in [1.29, 1.82) is 0 Å². The second kappa shape index (κ2) is 6.27. The number of thiophene rings is 1. The van der Waals surface area contributed by atoms with Crippen LogP contribution in [0.5, 0.6) is 0 Å². The van der Waals surface area contributed by atoms with E-state index in [1.165, 1.54) is 4.88 Å². The predicted octanol–water partition coefficient (Wildman–Crippen LogP) is 4.43. The lowest BCUT2D eigenvalue weighted by Crippen LogP contribution is -2.19. The molecule has 2 aromatic rings. The molecule has 0 aliphatic rings. The van der Waals surface area contributed by atoms with Gasteiger partial charge in [-0.2, -0.15) is 5.10 Å². The molecular weight excluding hydrogens is 301 g/mol. The van der Waals surface area contributed by atoms with Crippen molar-refractivity contribution in [1.82, 2.24) is 15.1 Å². The highest BCUT2D eigenvalue weighted by Crippen LogP contribution is 2.27. The van der Waals surface area contributed by atoms with Crippen LogP contribution in [0.4, 0.5) is 0 Å². The third-order valence-corrected chi connectivity index (χ3v) is 4.95. The Bertz CT molecular complexity index is 562. The van der Waals surface area contributed by atoms with Crippen LogP contribution in [-0.2, 0) is 13.1 Å². The van der Waals surface area contributed by atoms with Crippen molar-refractivity contribution in [2.75, 3.05) is 0 Å². The van der Waals surface area contributed by atoms with Crippen LogP contribution >= 0.6 is 34.5 Å². The summed E-state index contributed by atoms with van der Waals surface area (Å²) in [4.78, 5) is 1.22. The first kappa shape index (κ1) is 14.9. The molecule has 104 valence electrons. The van der Waals surface area contributed by atoms with Crippen molar-refractivity contribution in [3.8, 4) is 0 Å². The number of nitrogens with one attached hydrogen (secondary N) is 1. The summed E-state index contributed by atoms with van der Waals surface area (Å²) in [5.41, 5.74) is 1.92. The van der Waals surface area contributed by atoms with E-state index in [9.17, 15) is 0 Å². The Balaban J connectivity index is 2.06. The van der Waals surface area contributed by atoms with Gasteiger partial charge in [-0.3, -0.25) is 4.68 Å². The predicted molar refractivity (Wildman–Crippen MR) is 82.2 cm³/mol. The Kier molecular flexibility index (Phi) is 4.90. The van der Waals surface area contributed by atoms with Crippen LogP contribution in [-0.4, -0.2) is 9.78 Å². The van der Waals surface area contributed by atoms with Gasteiger partial charge in [-0.05, 0) is 32.9 Å². The smallest absolute Gasteiger partial charge is 0.0931 e. The van der Waals surface area contributed by atoms with E-state index < -0.39 is 0 Å². The molecule has 19 heavy (non-hydrogen) atoms. The van der Waals surface area contributed by atoms with Crippen LogP contribution in [0.1, 0.15) is 36.2 Å². The molecule has 1 atom stereocenters. The number of rotatable bonds is 5. The highest BCUT2D eigenvalue weighted by atomic mass is 35.5. The minimum Gasteiger partial charge on any atom is -0.304 e. The largest absolute Gasteiger partial charge is 0.304 e. The van der Waals surface area contributed by atoms with Crippen molar-refractivity contribution in [2.45, 2.75) is 39.9 Å². The van der Waals surface area contributed by atoms with Gasteiger partial charge in [0.1, 0.15) is 0 Å². The van der Waals surface area contributed by atoms with Crippen molar-refractivity contribution in [3.05, 3.63) is 37.8 Å². The van der Waals surface area contributed by atoms with Gasteiger partial charge < -0.3 is 5.32 Å². The molecule has 0 aliphatic carbocycles. The third kappa shape index (κ3) is 3.31. The van der Waals surface area contributed by atoms with Crippen molar-refractivity contribution >= 4 is 34.5 Å². The molecule has 0 saturated carbocycles. The standard InChI is InChI=1S/C13H17Cl2N3S/c1-4-18-10(13(15)9(3)17-18)7-16-8(2)11-5-6-12(14)19-11/h5-6,8,16H,4,7H2,1-3H3. The molecule has 0 aromatic carbocycles. The summed E-state index contributed by atoms with van der Waals surface area (Å²) in [6, 6.07) is 4.22. The molecule has 0 amide bonds. The normalized spacial score (nSPS) is 12.9. The first-order valence-corrected chi connectivity index (χ1v) is 7.80. The van der Waals surface area contributed by atoms with Gasteiger partial charge >= 0.3 is 0 Å². The molecule has 0 radical (unpaired) electrons. The number of halogens is 2. The summed E-state index contributed by atoms with van der Waals surface area (Å²) in [5, 5.41) is 8.63. The van der Waals surface area contributed by atoms with E-state index in [2.05, 4.69) is 30.3 Å². The topological polar surface area (TPSA) is 29.9 Å². The fourth-order valence-corrected chi connectivity index (χ4v) is 3.24. The van der Waals surface area contributed by atoms with Crippen LogP contribution in [0.2, 0.25) is 9.36 Å². The molecule has 0 spiro atoms. The Hall–Kier alpha value is -0.550. The number of aryl methyl sites for hydroxylation is 2. The average molecular weight is 318 g/mol. The molecule has 1 unspecified atom stereocenters. The molecule has 0 aliphatic heterocycles. The van der Waals surface area contributed by atoms with Crippen molar-refractivity contribution in [3.63, 3.8) is 0 Å². The monoisotopic (exact) mass is 317 g/mol. The molecule has 0 saturated heterocycles. The van der Waals surface area contributed by atoms with Gasteiger partial charge in [0, 0.05) is 24.0 Å². The maximum atomic E-state index is 6.28. The van der Waals surface area contributed by atoms with E-state index in [-0.39, 0.29) is 6.04 Å². The van der Waals surface area contributed by atoms with Crippen molar-refractivity contribution in [2.24, 2.45) is 0 Å². The van der Waals surface area contributed by atoms with Gasteiger partial charge in [-0.1, -0.05) is 23.2 Å². The third-order valence-electron chi connectivity index (χ3n) is 3.05. The lowest BCUT2D eigenvalue weighted by Gasteiger charge is -2.13. The van der Waals surface area contributed by atoms with E-state index in [0.717, 1.165) is 27.3 Å². The van der Waals surface area contributed by atoms with Gasteiger partial charge in [-0.15, -0.1) is 11.3 Å². The quantitative estimate of drug-likeness (QED) is 0.884. The van der Waals surface area contributed by atoms with Crippen molar-refractivity contribution < 1.29 is 0 Å². The lowest BCUT2D eigenvalue weighted by molar-refractivity contribution is 0.535. The van der Waals surface area contributed by atoms with E-state index in [1.807, 2.05) is 17.7 Å². The maximum Gasteiger partial charge on any atom is 0.0931 e. The number of hydrogen-bond donors (Lipinski definition) is 1. The zero-order chi connectivity index (χ0) is 14.0. The number of aromatic nitrogens is 2. The zero-order valence-electron chi connectivity index (χ0n) is 11.2. The van der Waals surface area contributed by atoms with Gasteiger partial charge in [0.15, 0.2) is 0 Å². The molecule has 1 N–H and O–H groups in total. The van der Waals surface area contributed by atoms with Crippen LogP contribution < -0.4 is 5.32 Å². The fraction of sp³-hybridized carbons (Fsp3) is 0.462. The van der Waals surface area contributed by atoms with Gasteiger partial charge in [-0.25, -0.2) is 0 Å². The second-order valence-electron chi connectivity index (χ2n) is 4.41. The van der Waals surface area contributed by atoms with Gasteiger partial charge in [0.25, 0.3) is 0 Å². The van der Waals surface area contributed by atoms with E-state index in [0.29, 0.717) is 6.54 Å². The van der Waals surface area contributed by atoms with Gasteiger partial charge in [0.05, 0.1) is 20.7 Å². The van der Waals surface area contributed by atoms with E-state index in [1.54, 1.807) is 11.3 Å². The fourth-order valence-electron chi connectivity index (χ4n) is 1.95. The highest BCUT2D eigenvalue weighted by molar-refractivity contribution is 7.16. The molecule has 2 rings (SSSR count). The summed E-state index contributed by atoms with van der Waals surface area (Å²) in [6.45, 7) is 7.64. The average Bonchev–Trinajstić information content (AvgIpc) is 2.93. The minimum atomic E-state index is 0.245. The highest BCUT2D eigenvalue weighted by Gasteiger charge is 2.14. The second-order valence-corrected chi connectivity index (χ2v) is 6.53. The van der Waals surface area contributed by atoms with E-state index in [4.69, 9.17) is 23.2 Å². The maximum absolute atomic E-state index is 6.28. The number of nitrogens with zero attached hydrogens (tertiary/aromatic N) is 2. The molecule has 0 bridgehead atoms. The Morgan fingerprint density at radius 1 is 1.42 bits per heavy atom. The first-order chi connectivity index (χ1) is 9.02. The molecule has 3 nitrogen and oxygen atoms in total. The summed E-state index contributed by atoms with van der Waals surface area (Å²) in [7, 11) is 0. The van der Waals surface area contributed by atoms with Crippen LogP contribution in [0.25, 0.3) is 0 Å². The van der Waals surface area contributed by atoms with E-state index >= 15 is 0 Å². The summed E-state index contributed by atoms with van der Waals surface area (Å²) in [6.07, 6.45) is 0. The summed E-state index contributed by atoms with van der Waals surface area (Å²) >= 11 is 13.8. The Morgan fingerprint density at radius 3 is 2.74 bits per heavy atom. The van der Waals surface area contributed by atoms with Crippen LogP contribution in [0, 0.1) is 6.92 Å². The molecule has 6 heteroatoms. The van der Waals surface area contributed by atoms with Crippen LogP contribution in [0.15, 0.2) is 12.1 Å². The van der Waals surface area contributed by atoms with Gasteiger partial charge in [0.2, 0.25) is 0 Å². The Morgan fingerprint density at radius 2 is 2.16 bits per heavy atom. The molecule has 0 fully saturated rings. The summed E-state index contributed by atoms with van der Waals surface area (Å²) in [5.74, 6) is 0. The SMILES string of the molecule is CCn1nc(C)c(Cl)c1CNC(C)c1ccc(Cl)s1. The first-order valence-electron chi connectivity index (χ1n) is 6.23. The minimum absolute atomic E-state index is 0.245. The lowest BCUT2D eigenvalue weighted by atomic mass is 10.2.